The maximum absolute atomic E-state index is 12.0. The molecule has 0 aliphatic carbocycles. The number of nitrogens with zero attached hydrogens (tertiary/aromatic N) is 1. The van der Waals surface area contributed by atoms with Crippen molar-refractivity contribution >= 4 is 39.3 Å². The largest absolute Gasteiger partial charge is 0.409 e. The minimum atomic E-state index is -0.244. The van der Waals surface area contributed by atoms with Gasteiger partial charge in [-0.3, -0.25) is 4.79 Å². The van der Waals surface area contributed by atoms with E-state index in [1.807, 2.05) is 6.92 Å². The molecule has 0 radical (unpaired) electrons. The fourth-order valence-electron chi connectivity index (χ4n) is 1.50. The number of hydrogen-bond donors (Lipinski definition) is 3. The number of halogens is 2. The molecule has 1 aromatic rings. The van der Waals surface area contributed by atoms with Crippen LogP contribution in [0.25, 0.3) is 0 Å². The summed E-state index contributed by atoms with van der Waals surface area (Å²) in [7, 11) is 0. The fourth-order valence-corrected chi connectivity index (χ4v) is 1.92. The molecule has 0 bridgehead atoms. The Morgan fingerprint density at radius 2 is 2.32 bits per heavy atom. The topological polar surface area (TPSA) is 87.7 Å². The molecule has 104 valence electrons. The van der Waals surface area contributed by atoms with E-state index in [0.717, 1.165) is 4.47 Å². The van der Waals surface area contributed by atoms with Crippen molar-refractivity contribution in [3.8, 4) is 0 Å². The fraction of sp³-hybridized carbons (Fsp3) is 0.333. The van der Waals surface area contributed by atoms with Gasteiger partial charge in [0.05, 0.1) is 5.02 Å². The molecule has 0 heterocycles. The van der Waals surface area contributed by atoms with Gasteiger partial charge < -0.3 is 16.3 Å². The number of carbonyl (C=O) groups is 1. The summed E-state index contributed by atoms with van der Waals surface area (Å²) in [5.74, 6) is -0.159. The number of amides is 1. The molecule has 0 aliphatic heterocycles. The van der Waals surface area contributed by atoms with Gasteiger partial charge >= 0.3 is 0 Å². The highest BCUT2D eigenvalue weighted by molar-refractivity contribution is 9.10. The van der Waals surface area contributed by atoms with Gasteiger partial charge in [-0.1, -0.05) is 23.7 Å². The quantitative estimate of drug-likeness (QED) is 0.331. The lowest BCUT2D eigenvalue weighted by Gasteiger charge is -2.16. The molecule has 0 aliphatic rings. The first-order valence-electron chi connectivity index (χ1n) is 5.70. The molecule has 1 amide bonds. The van der Waals surface area contributed by atoms with Gasteiger partial charge in [0.1, 0.15) is 5.84 Å². The van der Waals surface area contributed by atoms with Crippen molar-refractivity contribution < 1.29 is 10.0 Å². The molecule has 0 saturated heterocycles. The van der Waals surface area contributed by atoms with Gasteiger partial charge in [-0.25, -0.2) is 0 Å². The average molecular weight is 349 g/mol. The molecule has 1 unspecified atom stereocenters. The number of nitrogens with two attached hydrogens (primary N) is 1. The molecular formula is C12H15BrClN3O2. The number of carbonyl (C=O) groups excluding carboxylic acids is 1. The number of nitrogens with one attached hydrogen (secondary N) is 1. The Bertz CT molecular complexity index is 494. The van der Waals surface area contributed by atoms with Crippen LogP contribution in [0, 0.1) is 0 Å². The average Bonchev–Trinajstić information content (AvgIpc) is 2.40. The normalized spacial score (nSPS) is 13.1. The highest BCUT2D eigenvalue weighted by Gasteiger charge is 2.14. The van der Waals surface area contributed by atoms with E-state index in [9.17, 15) is 4.79 Å². The number of rotatable bonds is 5. The molecule has 4 N–H and O–H groups in total. The Labute approximate surface area is 124 Å². The zero-order valence-electron chi connectivity index (χ0n) is 10.4. The molecule has 19 heavy (non-hydrogen) atoms. The van der Waals surface area contributed by atoms with Crippen LogP contribution in [-0.2, 0) is 0 Å². The van der Waals surface area contributed by atoms with Crippen LogP contribution in [0.2, 0.25) is 5.02 Å². The summed E-state index contributed by atoms with van der Waals surface area (Å²) in [6, 6.07) is 4.77. The van der Waals surface area contributed by atoms with E-state index in [0.29, 0.717) is 23.4 Å². The Balaban J connectivity index is 2.74. The summed E-state index contributed by atoms with van der Waals surface area (Å²) in [4.78, 5) is 12.0. The lowest BCUT2D eigenvalue weighted by Crippen LogP contribution is -2.37. The first-order chi connectivity index (χ1) is 8.97. The highest BCUT2D eigenvalue weighted by atomic mass is 79.9. The molecular weight excluding hydrogens is 334 g/mol. The summed E-state index contributed by atoms with van der Waals surface area (Å²) >= 11 is 9.20. The zero-order valence-corrected chi connectivity index (χ0v) is 12.7. The molecule has 0 spiro atoms. The lowest BCUT2D eigenvalue weighted by atomic mass is 10.1. The van der Waals surface area contributed by atoms with Crippen molar-refractivity contribution in [3.63, 3.8) is 0 Å². The third kappa shape index (κ3) is 4.72. The van der Waals surface area contributed by atoms with Crippen molar-refractivity contribution in [2.24, 2.45) is 10.9 Å². The Hall–Kier alpha value is -1.27. The van der Waals surface area contributed by atoms with Crippen molar-refractivity contribution in [2.75, 3.05) is 0 Å². The van der Waals surface area contributed by atoms with Gasteiger partial charge in [0, 0.05) is 22.5 Å². The SMILES string of the molecule is CCC(C/C(N)=N/O)NC(=O)c1ccc(Br)c(Cl)c1. The van der Waals surface area contributed by atoms with Crippen molar-refractivity contribution in [2.45, 2.75) is 25.8 Å². The van der Waals surface area contributed by atoms with Gasteiger partial charge in [-0.2, -0.15) is 0 Å². The molecule has 7 heteroatoms. The van der Waals surface area contributed by atoms with E-state index in [1.165, 1.54) is 0 Å². The van der Waals surface area contributed by atoms with E-state index in [4.69, 9.17) is 22.5 Å². The molecule has 5 nitrogen and oxygen atoms in total. The number of hydrogen-bond acceptors (Lipinski definition) is 3. The highest BCUT2D eigenvalue weighted by Crippen LogP contribution is 2.23. The van der Waals surface area contributed by atoms with Gasteiger partial charge in [0.25, 0.3) is 5.91 Å². The Kier molecular flexibility index (Phi) is 6.11. The second kappa shape index (κ2) is 7.35. The first kappa shape index (κ1) is 15.8. The van der Waals surface area contributed by atoms with E-state index in [1.54, 1.807) is 18.2 Å². The van der Waals surface area contributed by atoms with Crippen LogP contribution in [0.15, 0.2) is 27.8 Å². The van der Waals surface area contributed by atoms with E-state index in [-0.39, 0.29) is 17.8 Å². The monoisotopic (exact) mass is 347 g/mol. The maximum Gasteiger partial charge on any atom is 0.251 e. The summed E-state index contributed by atoms with van der Waals surface area (Å²) in [5.41, 5.74) is 5.89. The molecule has 1 aromatic carbocycles. The van der Waals surface area contributed by atoms with E-state index in [2.05, 4.69) is 26.4 Å². The third-order valence-corrected chi connectivity index (χ3v) is 3.83. The van der Waals surface area contributed by atoms with Crippen LogP contribution in [-0.4, -0.2) is 23.0 Å². The van der Waals surface area contributed by atoms with Crippen LogP contribution < -0.4 is 11.1 Å². The molecule has 1 atom stereocenters. The molecule has 0 fully saturated rings. The van der Waals surface area contributed by atoms with Crippen LogP contribution in [0.4, 0.5) is 0 Å². The second-order valence-corrected chi connectivity index (χ2v) is 5.26. The lowest BCUT2D eigenvalue weighted by molar-refractivity contribution is 0.0937. The number of oxime groups is 1. The summed E-state index contributed by atoms with van der Waals surface area (Å²) < 4.78 is 0.731. The number of benzene rings is 1. The van der Waals surface area contributed by atoms with Crippen LogP contribution >= 0.6 is 27.5 Å². The molecule has 0 aromatic heterocycles. The van der Waals surface area contributed by atoms with Gasteiger partial charge in [-0.15, -0.1) is 0 Å². The van der Waals surface area contributed by atoms with Crippen molar-refractivity contribution in [1.29, 1.82) is 0 Å². The summed E-state index contributed by atoms with van der Waals surface area (Å²) in [5, 5.41) is 14.7. The molecule has 1 rings (SSSR count). The van der Waals surface area contributed by atoms with Crippen LogP contribution in [0.5, 0.6) is 0 Å². The second-order valence-electron chi connectivity index (χ2n) is 4.00. The van der Waals surface area contributed by atoms with Crippen molar-refractivity contribution in [1.82, 2.24) is 5.32 Å². The standard InChI is InChI=1S/C12H15BrClN3O2/c1-2-8(6-11(15)17-19)16-12(18)7-3-4-9(13)10(14)5-7/h3-5,8,19H,2,6H2,1H3,(H2,15,17)(H,16,18). The number of amidine groups is 1. The maximum atomic E-state index is 12.0. The van der Waals surface area contributed by atoms with Crippen molar-refractivity contribution in [3.05, 3.63) is 33.3 Å². The van der Waals surface area contributed by atoms with Crippen LogP contribution in [0.1, 0.15) is 30.1 Å². The first-order valence-corrected chi connectivity index (χ1v) is 6.87. The summed E-state index contributed by atoms with van der Waals surface area (Å²) in [6.45, 7) is 1.91. The van der Waals surface area contributed by atoms with Crippen LogP contribution in [0.3, 0.4) is 0 Å². The third-order valence-electron chi connectivity index (χ3n) is 2.59. The predicted molar refractivity (Wildman–Crippen MR) is 78.7 cm³/mol. The van der Waals surface area contributed by atoms with Gasteiger partial charge in [-0.05, 0) is 40.5 Å². The summed E-state index contributed by atoms with van der Waals surface area (Å²) in [6.07, 6.45) is 0.967. The Morgan fingerprint density at radius 3 is 2.84 bits per heavy atom. The minimum Gasteiger partial charge on any atom is -0.409 e. The van der Waals surface area contributed by atoms with Gasteiger partial charge in [0.2, 0.25) is 0 Å². The van der Waals surface area contributed by atoms with E-state index >= 15 is 0 Å². The Morgan fingerprint density at radius 1 is 1.63 bits per heavy atom. The van der Waals surface area contributed by atoms with Gasteiger partial charge in [0.15, 0.2) is 0 Å². The van der Waals surface area contributed by atoms with E-state index < -0.39 is 0 Å². The minimum absolute atomic E-state index is 0.0842. The smallest absolute Gasteiger partial charge is 0.251 e. The predicted octanol–water partition coefficient (Wildman–Crippen LogP) is 2.75. The zero-order chi connectivity index (χ0) is 14.4. The molecule has 0 saturated carbocycles.